The molecule has 10 nitrogen and oxygen atoms in total. The highest BCUT2D eigenvalue weighted by atomic mass is 16.2. The molecule has 164 valence electrons. The molecule has 3 unspecified atom stereocenters. The number of nitrogens with zero attached hydrogens (tertiary/aromatic N) is 3. The normalized spacial score (nSPS) is 14.1. The first kappa shape index (κ1) is 24.5. The molecule has 0 fully saturated rings. The lowest BCUT2D eigenvalue weighted by Crippen LogP contribution is -2.39. The number of nitrogens with two attached hydrogens (primary N) is 2. The number of aromatic nitrogens is 3. The van der Waals surface area contributed by atoms with Gasteiger partial charge in [-0.3, -0.25) is 19.1 Å². The molecule has 1 aromatic heterocycles. The van der Waals surface area contributed by atoms with Crippen LogP contribution in [-0.2, 0) is 20.9 Å². The van der Waals surface area contributed by atoms with Crippen molar-refractivity contribution in [3.05, 3.63) is 11.9 Å². The van der Waals surface area contributed by atoms with Crippen molar-refractivity contribution < 1.29 is 14.4 Å². The lowest BCUT2D eigenvalue weighted by Gasteiger charge is -2.23. The van der Waals surface area contributed by atoms with Crippen molar-refractivity contribution in [3.8, 4) is 0 Å². The summed E-state index contributed by atoms with van der Waals surface area (Å²) in [5, 5.41) is 13.6. The van der Waals surface area contributed by atoms with Crippen LogP contribution >= 0.6 is 0 Å². The van der Waals surface area contributed by atoms with Gasteiger partial charge in [-0.15, -0.1) is 5.10 Å². The largest absolute Gasteiger partial charge is 0.369 e. The van der Waals surface area contributed by atoms with Gasteiger partial charge in [0.25, 0.3) is 0 Å². The Kier molecular flexibility index (Phi) is 10.9. The van der Waals surface area contributed by atoms with Crippen molar-refractivity contribution in [2.45, 2.75) is 53.0 Å². The summed E-state index contributed by atoms with van der Waals surface area (Å²) in [6.45, 7) is 7.33. The summed E-state index contributed by atoms with van der Waals surface area (Å²) in [7, 11) is 0. The Labute approximate surface area is 172 Å². The maximum Gasteiger partial charge on any atom is 0.223 e. The van der Waals surface area contributed by atoms with Crippen molar-refractivity contribution in [2.75, 3.05) is 19.6 Å². The third-order valence-corrected chi connectivity index (χ3v) is 4.89. The van der Waals surface area contributed by atoms with E-state index in [9.17, 15) is 14.4 Å². The van der Waals surface area contributed by atoms with Crippen LogP contribution in [0.15, 0.2) is 6.20 Å². The van der Waals surface area contributed by atoms with Gasteiger partial charge in [-0.05, 0) is 32.6 Å². The number of amides is 3. The Balaban J connectivity index is 2.58. The van der Waals surface area contributed by atoms with Gasteiger partial charge in [-0.25, -0.2) is 0 Å². The van der Waals surface area contributed by atoms with E-state index in [4.69, 9.17) is 11.5 Å². The summed E-state index contributed by atoms with van der Waals surface area (Å²) < 4.78 is 1.74. The molecule has 0 radical (unpaired) electrons. The molecule has 0 bridgehead atoms. The molecule has 10 heteroatoms. The van der Waals surface area contributed by atoms with Gasteiger partial charge in [0.1, 0.15) is 0 Å². The molecule has 0 spiro atoms. The number of hydrogen-bond donors (Lipinski definition) is 4. The van der Waals surface area contributed by atoms with E-state index in [2.05, 4.69) is 20.9 Å². The minimum Gasteiger partial charge on any atom is -0.369 e. The van der Waals surface area contributed by atoms with Crippen LogP contribution < -0.4 is 22.1 Å². The predicted octanol–water partition coefficient (Wildman–Crippen LogP) is -0.288. The summed E-state index contributed by atoms with van der Waals surface area (Å²) in [6, 6.07) is 0. The van der Waals surface area contributed by atoms with Crippen LogP contribution in [0, 0.1) is 24.7 Å². The van der Waals surface area contributed by atoms with E-state index in [1.807, 2.05) is 20.0 Å². The molecule has 1 aromatic rings. The lowest BCUT2D eigenvalue weighted by molar-refractivity contribution is -0.129. The third-order valence-electron chi connectivity index (χ3n) is 4.89. The average Bonchev–Trinajstić information content (AvgIpc) is 3.11. The number of primary amides is 1. The molecular weight excluding hydrogens is 374 g/mol. The maximum atomic E-state index is 12.6. The van der Waals surface area contributed by atoms with Crippen LogP contribution in [0.25, 0.3) is 0 Å². The van der Waals surface area contributed by atoms with Gasteiger partial charge in [0, 0.05) is 50.1 Å². The van der Waals surface area contributed by atoms with Crippen molar-refractivity contribution in [3.63, 3.8) is 0 Å². The van der Waals surface area contributed by atoms with E-state index < -0.39 is 17.7 Å². The van der Waals surface area contributed by atoms with Gasteiger partial charge >= 0.3 is 0 Å². The van der Waals surface area contributed by atoms with Gasteiger partial charge < -0.3 is 22.1 Å². The molecule has 0 saturated carbocycles. The SMILES string of the molecule is CCC(CC(CC(C)C(N)=O)C(=O)NCCN)C(=O)NCCCn1cc(C)nn1. The van der Waals surface area contributed by atoms with Crippen LogP contribution in [-0.4, -0.2) is 52.3 Å². The van der Waals surface area contributed by atoms with E-state index >= 15 is 0 Å². The summed E-state index contributed by atoms with van der Waals surface area (Å²) in [5.41, 5.74) is 11.7. The fourth-order valence-electron chi connectivity index (χ4n) is 3.10. The zero-order chi connectivity index (χ0) is 21.8. The second kappa shape index (κ2) is 12.9. The topological polar surface area (TPSA) is 158 Å². The van der Waals surface area contributed by atoms with Crippen LogP contribution in [0.2, 0.25) is 0 Å². The predicted molar refractivity (Wildman–Crippen MR) is 109 cm³/mol. The third kappa shape index (κ3) is 9.03. The standard InChI is InChI=1S/C19H35N7O3/c1-4-15(18(28)22-7-5-9-26-12-14(3)24-25-26)11-16(10-13(2)17(21)27)19(29)23-8-6-20/h12-13,15-16H,4-11,20H2,1-3H3,(H2,21,27)(H,22,28)(H,23,29). The summed E-state index contributed by atoms with van der Waals surface area (Å²) in [5.74, 6) is -1.99. The Morgan fingerprint density at radius 2 is 1.79 bits per heavy atom. The zero-order valence-electron chi connectivity index (χ0n) is 17.7. The van der Waals surface area contributed by atoms with Gasteiger partial charge in [-0.2, -0.15) is 0 Å². The molecule has 3 atom stereocenters. The van der Waals surface area contributed by atoms with Gasteiger partial charge in [0.05, 0.1) is 5.69 Å². The maximum absolute atomic E-state index is 12.6. The smallest absolute Gasteiger partial charge is 0.223 e. The molecule has 0 saturated heterocycles. The summed E-state index contributed by atoms with van der Waals surface area (Å²) >= 11 is 0. The molecule has 3 amide bonds. The molecule has 0 aliphatic heterocycles. The Morgan fingerprint density at radius 1 is 1.14 bits per heavy atom. The first-order valence-electron chi connectivity index (χ1n) is 10.2. The fourth-order valence-corrected chi connectivity index (χ4v) is 3.10. The van der Waals surface area contributed by atoms with E-state index in [0.717, 1.165) is 12.1 Å². The van der Waals surface area contributed by atoms with Crippen LogP contribution in [0.3, 0.4) is 0 Å². The Morgan fingerprint density at radius 3 is 2.34 bits per heavy atom. The highest BCUT2D eigenvalue weighted by Gasteiger charge is 2.28. The molecule has 1 rings (SSSR count). The van der Waals surface area contributed by atoms with Crippen LogP contribution in [0.4, 0.5) is 0 Å². The Bertz CT molecular complexity index is 662. The molecular formula is C19H35N7O3. The average molecular weight is 410 g/mol. The van der Waals surface area contributed by atoms with Crippen LogP contribution in [0.1, 0.15) is 45.2 Å². The Hall–Kier alpha value is -2.49. The molecule has 0 aliphatic carbocycles. The van der Waals surface area contributed by atoms with Crippen molar-refractivity contribution >= 4 is 17.7 Å². The minimum absolute atomic E-state index is 0.0920. The van der Waals surface area contributed by atoms with Gasteiger partial charge in [-0.1, -0.05) is 19.1 Å². The fraction of sp³-hybridized carbons (Fsp3) is 0.737. The number of nitrogens with one attached hydrogen (secondary N) is 2. The number of rotatable bonds is 14. The number of aryl methyl sites for hydroxylation is 2. The van der Waals surface area contributed by atoms with Gasteiger partial charge in [0.15, 0.2) is 0 Å². The lowest BCUT2D eigenvalue weighted by atomic mass is 9.85. The summed E-state index contributed by atoms with van der Waals surface area (Å²) in [4.78, 5) is 36.5. The van der Waals surface area contributed by atoms with E-state index in [-0.39, 0.29) is 17.7 Å². The summed E-state index contributed by atoms with van der Waals surface area (Å²) in [6.07, 6.45) is 3.84. The zero-order valence-corrected chi connectivity index (χ0v) is 17.7. The molecule has 29 heavy (non-hydrogen) atoms. The van der Waals surface area contributed by atoms with Crippen molar-refractivity contribution in [2.24, 2.45) is 29.2 Å². The molecule has 1 heterocycles. The first-order chi connectivity index (χ1) is 13.8. The molecule has 6 N–H and O–H groups in total. The van der Waals surface area contributed by atoms with Crippen LogP contribution in [0.5, 0.6) is 0 Å². The molecule has 0 aromatic carbocycles. The monoisotopic (exact) mass is 409 g/mol. The second-order valence-electron chi connectivity index (χ2n) is 7.42. The van der Waals surface area contributed by atoms with Crippen molar-refractivity contribution in [1.82, 2.24) is 25.6 Å². The quantitative estimate of drug-likeness (QED) is 0.309. The van der Waals surface area contributed by atoms with Crippen molar-refractivity contribution in [1.29, 1.82) is 0 Å². The second-order valence-corrected chi connectivity index (χ2v) is 7.42. The molecule has 0 aliphatic rings. The number of carbonyl (C=O) groups is 3. The van der Waals surface area contributed by atoms with E-state index in [0.29, 0.717) is 45.4 Å². The van der Waals surface area contributed by atoms with Gasteiger partial charge in [0.2, 0.25) is 17.7 Å². The number of hydrogen-bond acceptors (Lipinski definition) is 6. The minimum atomic E-state index is -0.474. The highest BCUT2D eigenvalue weighted by molar-refractivity contribution is 5.83. The highest BCUT2D eigenvalue weighted by Crippen LogP contribution is 2.23. The van der Waals surface area contributed by atoms with E-state index in [1.165, 1.54) is 0 Å². The number of carbonyl (C=O) groups excluding carboxylic acids is 3. The van der Waals surface area contributed by atoms with E-state index in [1.54, 1.807) is 11.6 Å². The first-order valence-corrected chi connectivity index (χ1v) is 10.2.